The van der Waals surface area contributed by atoms with Crippen LogP contribution >= 0.6 is 18.8 Å². The van der Waals surface area contributed by atoms with Gasteiger partial charge >= 0.3 is 51.4 Å². The maximum atomic E-state index is 4.92. The zero-order chi connectivity index (χ0) is 20.5. The molecule has 0 spiro atoms. The van der Waals surface area contributed by atoms with Crippen LogP contribution in [0.5, 0.6) is 0 Å². The Morgan fingerprint density at radius 1 is 1.20 bits per heavy atom. The van der Waals surface area contributed by atoms with E-state index in [-0.39, 0.29) is 51.4 Å². The topological polar surface area (TPSA) is 68.6 Å². The van der Waals surface area contributed by atoms with Gasteiger partial charge in [-0.15, -0.1) is 5.10 Å². The fourth-order valence-corrected chi connectivity index (χ4v) is 4.46. The summed E-state index contributed by atoms with van der Waals surface area (Å²) in [7, 11) is 8.98. The number of anilines is 3. The molecule has 2 aliphatic rings. The fraction of sp³-hybridized carbons (Fsp3) is 0.526. The minimum Gasteiger partial charge on any atom is -0.668 e. The summed E-state index contributed by atoms with van der Waals surface area (Å²) in [5, 5.41) is 12.9. The predicted octanol–water partition coefficient (Wildman–Crippen LogP) is 0.982. The SMILES string of the molecule is CC1CCCN1c1nc(N(P)c2cc(C3CC3)n(P)n2)c2cccn2n1.C[N-]C.[K+]. The van der Waals surface area contributed by atoms with Gasteiger partial charge in [0, 0.05) is 36.5 Å². The largest absolute Gasteiger partial charge is 1.00 e. The third-order valence-electron chi connectivity index (χ3n) is 5.39. The summed E-state index contributed by atoms with van der Waals surface area (Å²) in [4.78, 5) is 7.22. The third kappa shape index (κ3) is 5.10. The number of fused-ring (bicyclic) bond motifs is 1. The second-order valence-electron chi connectivity index (χ2n) is 7.72. The van der Waals surface area contributed by atoms with Gasteiger partial charge in [-0.1, -0.05) is 0 Å². The third-order valence-corrected chi connectivity index (χ3v) is 6.32. The van der Waals surface area contributed by atoms with Crippen molar-refractivity contribution in [3.63, 3.8) is 0 Å². The van der Waals surface area contributed by atoms with Gasteiger partial charge in [-0.2, -0.15) is 24.2 Å². The summed E-state index contributed by atoms with van der Waals surface area (Å²) in [6.07, 6.45) is 6.87. The van der Waals surface area contributed by atoms with Crippen LogP contribution in [-0.4, -0.2) is 50.8 Å². The van der Waals surface area contributed by atoms with Gasteiger partial charge in [0.25, 0.3) is 0 Å². The smallest absolute Gasteiger partial charge is 0.668 e. The molecular formula is C19H29KN8P2. The van der Waals surface area contributed by atoms with Gasteiger partial charge in [0.2, 0.25) is 5.95 Å². The van der Waals surface area contributed by atoms with Crippen LogP contribution in [-0.2, 0) is 0 Å². The van der Waals surface area contributed by atoms with Crippen molar-refractivity contribution >= 4 is 41.9 Å². The van der Waals surface area contributed by atoms with E-state index in [4.69, 9.17) is 10.1 Å². The van der Waals surface area contributed by atoms with Crippen molar-refractivity contribution < 1.29 is 51.4 Å². The summed E-state index contributed by atoms with van der Waals surface area (Å²) < 4.78 is 5.83. The molecule has 3 aromatic rings. The van der Waals surface area contributed by atoms with E-state index >= 15 is 0 Å². The Morgan fingerprint density at radius 2 is 1.93 bits per heavy atom. The zero-order valence-corrected chi connectivity index (χ0v) is 23.7. The Bertz CT molecular complexity index is 986. The van der Waals surface area contributed by atoms with Gasteiger partial charge in [-0.05, 0) is 63.5 Å². The molecule has 0 amide bonds. The van der Waals surface area contributed by atoms with Crippen LogP contribution in [0.25, 0.3) is 10.8 Å². The molecule has 3 atom stereocenters. The summed E-state index contributed by atoms with van der Waals surface area (Å²) in [5.41, 5.74) is 2.24. The summed E-state index contributed by atoms with van der Waals surface area (Å²) >= 11 is 0. The Balaban J connectivity index is 0.000000606. The number of nitrogens with zero attached hydrogens (tertiary/aromatic N) is 8. The first-order valence-corrected chi connectivity index (χ1v) is 11.1. The van der Waals surface area contributed by atoms with Gasteiger partial charge in [-0.3, -0.25) is 9.12 Å². The van der Waals surface area contributed by atoms with Crippen LogP contribution in [0.2, 0.25) is 0 Å². The van der Waals surface area contributed by atoms with Crippen molar-refractivity contribution in [3.8, 4) is 0 Å². The number of aromatic nitrogens is 5. The Hall–Kier alpha value is -0.114. The van der Waals surface area contributed by atoms with Crippen LogP contribution in [0, 0.1) is 0 Å². The number of hydrogen-bond acceptors (Lipinski definition) is 5. The van der Waals surface area contributed by atoms with Crippen molar-refractivity contribution in [2.45, 2.75) is 44.6 Å². The molecule has 0 N–H and O–H groups in total. The molecule has 1 aliphatic carbocycles. The van der Waals surface area contributed by atoms with Crippen molar-refractivity contribution in [1.82, 2.24) is 24.1 Å². The Kier molecular flexibility index (Phi) is 8.72. The van der Waals surface area contributed by atoms with Crippen molar-refractivity contribution in [1.29, 1.82) is 0 Å². The van der Waals surface area contributed by atoms with Crippen LogP contribution in [0.15, 0.2) is 24.4 Å². The first-order valence-electron chi connectivity index (χ1n) is 10.0. The molecule has 156 valence electrons. The molecule has 8 nitrogen and oxygen atoms in total. The van der Waals surface area contributed by atoms with Gasteiger partial charge in [0.05, 0.1) is 0 Å². The van der Waals surface area contributed by atoms with E-state index in [9.17, 15) is 0 Å². The second kappa shape index (κ2) is 10.7. The van der Waals surface area contributed by atoms with E-state index < -0.39 is 0 Å². The van der Waals surface area contributed by atoms with E-state index in [0.717, 1.165) is 29.6 Å². The molecule has 30 heavy (non-hydrogen) atoms. The fourth-order valence-electron chi connectivity index (χ4n) is 3.74. The van der Waals surface area contributed by atoms with Crippen molar-refractivity contribution in [3.05, 3.63) is 35.4 Å². The molecule has 11 heteroatoms. The first kappa shape index (κ1) is 24.5. The summed E-state index contributed by atoms with van der Waals surface area (Å²) in [5.74, 6) is 3.17. The molecule has 0 radical (unpaired) electrons. The monoisotopic (exact) mass is 470 g/mol. The maximum Gasteiger partial charge on any atom is 1.00 e. The number of rotatable bonds is 4. The van der Waals surface area contributed by atoms with Crippen LogP contribution in [0.1, 0.15) is 44.2 Å². The molecule has 0 aromatic carbocycles. The molecule has 1 saturated heterocycles. The van der Waals surface area contributed by atoms with Crippen LogP contribution < -0.4 is 61.0 Å². The quantitative estimate of drug-likeness (QED) is 0.420. The maximum absolute atomic E-state index is 4.92. The van der Waals surface area contributed by atoms with Gasteiger partial charge in [0.15, 0.2) is 11.6 Å². The average Bonchev–Trinajstić information content (AvgIpc) is 3.09. The zero-order valence-electron chi connectivity index (χ0n) is 18.2. The standard InChI is InChI=1S/C17H23N7P2.C2H6N.K/c1-11-4-2-8-21(11)17-18-16(13-5-3-9-22(13)20-17)23(25)15-10-14(12-6-7-12)24(26)19-15;1-3-2;/h3,5,9-12H,2,4,6-8,25-26H2,1H3;1-2H3;/q;-1;+1. The molecular weight excluding hydrogens is 441 g/mol. The minimum atomic E-state index is 0. The van der Waals surface area contributed by atoms with E-state index in [1.165, 1.54) is 31.4 Å². The van der Waals surface area contributed by atoms with Crippen molar-refractivity contribution in [2.75, 3.05) is 30.2 Å². The molecule has 1 saturated carbocycles. The molecule has 5 rings (SSSR count). The van der Waals surface area contributed by atoms with Crippen LogP contribution in [0.3, 0.4) is 0 Å². The summed E-state index contributed by atoms with van der Waals surface area (Å²) in [6.45, 7) is 3.25. The summed E-state index contributed by atoms with van der Waals surface area (Å²) in [6, 6.07) is 6.69. The molecule has 1 aliphatic heterocycles. The van der Waals surface area contributed by atoms with E-state index in [2.05, 4.69) is 47.1 Å². The van der Waals surface area contributed by atoms with E-state index in [1.807, 2.05) is 32.0 Å². The first-order chi connectivity index (χ1) is 14.0. The predicted molar refractivity (Wildman–Crippen MR) is 125 cm³/mol. The van der Waals surface area contributed by atoms with Crippen molar-refractivity contribution in [2.24, 2.45) is 0 Å². The van der Waals surface area contributed by atoms with Crippen LogP contribution in [0.4, 0.5) is 17.6 Å². The average molecular weight is 471 g/mol. The van der Waals surface area contributed by atoms with Gasteiger partial charge in [-0.25, -0.2) is 4.52 Å². The molecule has 3 unspecified atom stereocenters. The number of hydrogen-bond donors (Lipinski definition) is 0. The van der Waals surface area contributed by atoms with Gasteiger partial charge in [0.1, 0.15) is 5.52 Å². The molecule has 4 heterocycles. The normalized spacial score (nSPS) is 18.2. The Labute approximate surface area is 225 Å². The molecule has 3 aromatic heterocycles. The van der Waals surface area contributed by atoms with E-state index in [0.29, 0.717) is 12.0 Å². The van der Waals surface area contributed by atoms with E-state index in [1.54, 1.807) is 14.1 Å². The second-order valence-corrected chi connectivity index (χ2v) is 8.73. The molecule has 0 bridgehead atoms. The molecule has 2 fully saturated rings. The van der Waals surface area contributed by atoms with Gasteiger partial charge < -0.3 is 10.2 Å². The minimum absolute atomic E-state index is 0. The Morgan fingerprint density at radius 3 is 2.57 bits per heavy atom.